The molecule has 0 N–H and O–H groups in total. The molecule has 2 aromatic rings. The first-order valence-electron chi connectivity index (χ1n) is 5.82. The van der Waals surface area contributed by atoms with E-state index >= 15 is 0 Å². The highest BCUT2D eigenvalue weighted by Crippen LogP contribution is 2.22. The summed E-state index contributed by atoms with van der Waals surface area (Å²) in [6.07, 6.45) is 4.01. The highest BCUT2D eigenvalue weighted by Gasteiger charge is 2.10. The molecule has 0 aliphatic rings. The third kappa shape index (κ3) is 3.96. The molecule has 7 heteroatoms. The minimum atomic E-state index is -0.651. The Balaban J connectivity index is 2.13. The molecule has 21 heavy (non-hydrogen) atoms. The molecule has 1 aromatic carbocycles. The third-order valence-electron chi connectivity index (χ3n) is 2.47. The Labute approximate surface area is 128 Å². The first-order chi connectivity index (χ1) is 10.1. The quantitative estimate of drug-likeness (QED) is 0.278. The van der Waals surface area contributed by atoms with Crippen molar-refractivity contribution in [2.75, 3.05) is 0 Å². The SMILES string of the molecule is O=C(/C=C/c1ccccc1[N+](=O)[O-])Oc1cccnc1Br. The van der Waals surface area contributed by atoms with Crippen LogP contribution in [0.5, 0.6) is 5.75 Å². The normalized spacial score (nSPS) is 10.5. The number of nitro benzene ring substituents is 1. The number of hydrogen-bond donors (Lipinski definition) is 0. The van der Waals surface area contributed by atoms with E-state index in [2.05, 4.69) is 20.9 Å². The minimum absolute atomic E-state index is 0.0795. The topological polar surface area (TPSA) is 82.3 Å². The van der Waals surface area contributed by atoms with E-state index in [4.69, 9.17) is 4.74 Å². The molecule has 1 heterocycles. The Hall–Kier alpha value is -2.54. The van der Waals surface area contributed by atoms with Crippen molar-refractivity contribution in [2.45, 2.75) is 0 Å². The molecule has 0 unspecified atom stereocenters. The van der Waals surface area contributed by atoms with Crippen LogP contribution in [0.2, 0.25) is 0 Å². The van der Waals surface area contributed by atoms with E-state index in [0.29, 0.717) is 10.2 Å². The van der Waals surface area contributed by atoms with Crippen LogP contribution in [-0.2, 0) is 4.79 Å². The molecule has 0 spiro atoms. The Kier molecular flexibility index (Phi) is 4.78. The smallest absolute Gasteiger partial charge is 0.336 e. The number of benzene rings is 1. The molecular weight excluding hydrogens is 340 g/mol. The summed E-state index contributed by atoms with van der Waals surface area (Å²) >= 11 is 3.15. The summed E-state index contributed by atoms with van der Waals surface area (Å²) in [5.74, 6) is -0.378. The number of halogens is 1. The standard InChI is InChI=1S/C14H9BrN2O4/c15-14-12(6-3-9-16-14)21-13(18)8-7-10-4-1-2-5-11(10)17(19)20/h1-9H/b8-7+. The largest absolute Gasteiger partial charge is 0.420 e. The van der Waals surface area contributed by atoms with Gasteiger partial charge in [0.1, 0.15) is 4.60 Å². The summed E-state index contributed by atoms with van der Waals surface area (Å²) in [6.45, 7) is 0. The number of para-hydroxylation sites is 1. The molecule has 0 radical (unpaired) electrons. The lowest BCUT2D eigenvalue weighted by molar-refractivity contribution is -0.385. The number of esters is 1. The average Bonchev–Trinajstić information content (AvgIpc) is 2.48. The summed E-state index contributed by atoms with van der Waals surface area (Å²) in [5.41, 5.74) is 0.244. The molecule has 0 aliphatic heterocycles. The van der Waals surface area contributed by atoms with Crippen molar-refractivity contribution in [2.24, 2.45) is 0 Å². The average molecular weight is 349 g/mol. The van der Waals surface area contributed by atoms with Gasteiger partial charge in [-0.25, -0.2) is 9.78 Å². The van der Waals surface area contributed by atoms with E-state index in [1.54, 1.807) is 36.5 Å². The molecule has 0 fully saturated rings. The Morgan fingerprint density at radius 1 is 1.29 bits per heavy atom. The Morgan fingerprint density at radius 2 is 2.05 bits per heavy atom. The highest BCUT2D eigenvalue weighted by molar-refractivity contribution is 9.10. The van der Waals surface area contributed by atoms with Crippen LogP contribution in [0.1, 0.15) is 5.56 Å². The van der Waals surface area contributed by atoms with Crippen LogP contribution >= 0.6 is 15.9 Å². The Bertz CT molecular complexity index is 716. The van der Waals surface area contributed by atoms with Crippen molar-refractivity contribution in [1.29, 1.82) is 0 Å². The van der Waals surface area contributed by atoms with Crippen LogP contribution in [0, 0.1) is 10.1 Å². The maximum absolute atomic E-state index is 11.7. The van der Waals surface area contributed by atoms with Crippen molar-refractivity contribution in [3.63, 3.8) is 0 Å². The summed E-state index contributed by atoms with van der Waals surface area (Å²) in [7, 11) is 0. The second-order valence-corrected chi connectivity index (χ2v) is 4.61. The van der Waals surface area contributed by atoms with Gasteiger partial charge in [-0.15, -0.1) is 0 Å². The highest BCUT2D eigenvalue weighted by atomic mass is 79.9. The number of hydrogen-bond acceptors (Lipinski definition) is 5. The van der Waals surface area contributed by atoms with Crippen molar-refractivity contribution in [3.05, 3.63) is 69.0 Å². The van der Waals surface area contributed by atoms with Crippen molar-refractivity contribution >= 4 is 33.7 Å². The number of rotatable bonds is 4. The molecule has 0 atom stereocenters. The maximum Gasteiger partial charge on any atom is 0.336 e. The summed E-state index contributed by atoms with van der Waals surface area (Å²) in [5, 5.41) is 10.8. The molecule has 0 bridgehead atoms. The van der Waals surface area contributed by atoms with Gasteiger partial charge in [0.2, 0.25) is 0 Å². The van der Waals surface area contributed by atoms with Crippen LogP contribution in [0.25, 0.3) is 6.08 Å². The predicted molar refractivity (Wildman–Crippen MR) is 79.7 cm³/mol. The number of aromatic nitrogens is 1. The van der Waals surface area contributed by atoms with Gasteiger partial charge in [0.15, 0.2) is 5.75 Å². The molecule has 106 valence electrons. The van der Waals surface area contributed by atoms with Gasteiger partial charge in [-0.1, -0.05) is 12.1 Å². The van der Waals surface area contributed by atoms with E-state index in [1.165, 1.54) is 12.1 Å². The summed E-state index contributed by atoms with van der Waals surface area (Å²) in [4.78, 5) is 25.9. The van der Waals surface area contributed by atoms with Gasteiger partial charge in [0.25, 0.3) is 5.69 Å². The molecule has 0 amide bonds. The van der Waals surface area contributed by atoms with Gasteiger partial charge in [-0.05, 0) is 40.2 Å². The lowest BCUT2D eigenvalue weighted by Crippen LogP contribution is -2.04. The number of nitro groups is 1. The first kappa shape index (κ1) is 14.9. The lowest BCUT2D eigenvalue weighted by atomic mass is 10.1. The third-order valence-corrected chi connectivity index (χ3v) is 3.06. The van der Waals surface area contributed by atoms with Crippen molar-refractivity contribution in [1.82, 2.24) is 4.98 Å². The zero-order chi connectivity index (χ0) is 15.2. The molecular formula is C14H9BrN2O4. The van der Waals surface area contributed by atoms with Crippen molar-refractivity contribution in [3.8, 4) is 5.75 Å². The van der Waals surface area contributed by atoms with Crippen LogP contribution < -0.4 is 4.74 Å². The molecule has 6 nitrogen and oxygen atoms in total. The van der Waals surface area contributed by atoms with Crippen molar-refractivity contribution < 1.29 is 14.5 Å². The predicted octanol–water partition coefficient (Wildman–Crippen LogP) is 3.37. The summed E-state index contributed by atoms with van der Waals surface area (Å²) < 4.78 is 5.46. The monoisotopic (exact) mass is 348 g/mol. The molecule has 0 aliphatic carbocycles. The number of pyridine rings is 1. The van der Waals surface area contributed by atoms with E-state index in [-0.39, 0.29) is 11.4 Å². The van der Waals surface area contributed by atoms with Crippen LogP contribution in [0.3, 0.4) is 0 Å². The van der Waals surface area contributed by atoms with Gasteiger partial charge in [0.05, 0.1) is 10.5 Å². The summed E-state index contributed by atoms with van der Waals surface area (Å²) in [6, 6.07) is 9.31. The van der Waals surface area contributed by atoms with Gasteiger partial charge in [-0.3, -0.25) is 10.1 Å². The fourth-order valence-corrected chi connectivity index (χ4v) is 1.87. The molecule has 2 rings (SSSR count). The number of nitrogens with zero attached hydrogens (tertiary/aromatic N) is 2. The van der Waals surface area contributed by atoms with Crippen LogP contribution in [0.4, 0.5) is 5.69 Å². The van der Waals surface area contributed by atoms with E-state index < -0.39 is 10.9 Å². The fraction of sp³-hybridized carbons (Fsp3) is 0. The van der Waals surface area contributed by atoms with Gasteiger partial charge >= 0.3 is 5.97 Å². The fourth-order valence-electron chi connectivity index (χ4n) is 1.54. The van der Waals surface area contributed by atoms with Gasteiger partial charge in [0, 0.05) is 18.3 Å². The molecule has 1 aromatic heterocycles. The number of carbonyl (C=O) groups excluding carboxylic acids is 1. The molecule has 0 saturated carbocycles. The van der Waals surface area contributed by atoms with Gasteiger partial charge in [-0.2, -0.15) is 0 Å². The number of ether oxygens (including phenoxy) is 1. The zero-order valence-electron chi connectivity index (χ0n) is 10.6. The second kappa shape index (κ2) is 6.76. The first-order valence-corrected chi connectivity index (χ1v) is 6.61. The minimum Gasteiger partial charge on any atom is -0.420 e. The van der Waals surface area contributed by atoms with E-state index in [1.807, 2.05) is 0 Å². The lowest BCUT2D eigenvalue weighted by Gasteiger charge is -2.02. The van der Waals surface area contributed by atoms with E-state index in [0.717, 1.165) is 6.08 Å². The van der Waals surface area contributed by atoms with E-state index in [9.17, 15) is 14.9 Å². The maximum atomic E-state index is 11.7. The van der Waals surface area contributed by atoms with Gasteiger partial charge < -0.3 is 4.74 Å². The van der Waals surface area contributed by atoms with Crippen LogP contribution in [0.15, 0.2) is 53.3 Å². The second-order valence-electron chi connectivity index (χ2n) is 3.86. The zero-order valence-corrected chi connectivity index (χ0v) is 12.2. The van der Waals surface area contributed by atoms with Crippen LogP contribution in [-0.4, -0.2) is 15.9 Å². The molecule has 0 saturated heterocycles. The number of carbonyl (C=O) groups is 1. The Morgan fingerprint density at radius 3 is 2.76 bits per heavy atom.